The van der Waals surface area contributed by atoms with E-state index < -0.39 is 6.04 Å². The third-order valence-corrected chi connectivity index (χ3v) is 7.62. The number of para-hydroxylation sites is 2. The molecule has 0 saturated carbocycles. The van der Waals surface area contributed by atoms with Gasteiger partial charge in [0, 0.05) is 28.3 Å². The number of carbonyl (C=O) groups is 2. The summed E-state index contributed by atoms with van der Waals surface area (Å²) in [7, 11) is 0. The Morgan fingerprint density at radius 1 is 1.06 bits per heavy atom. The number of aryl methyl sites for hydroxylation is 2. The molecule has 174 valence electrons. The van der Waals surface area contributed by atoms with Crippen molar-refractivity contribution in [2.75, 3.05) is 15.5 Å². The third-order valence-electron chi connectivity index (χ3n) is 6.69. The lowest BCUT2D eigenvalue weighted by Gasteiger charge is -2.36. The lowest BCUT2D eigenvalue weighted by Crippen LogP contribution is -2.41. The van der Waals surface area contributed by atoms with Crippen molar-refractivity contribution < 1.29 is 9.59 Å². The van der Waals surface area contributed by atoms with E-state index in [1.54, 1.807) is 16.2 Å². The van der Waals surface area contributed by atoms with Crippen molar-refractivity contribution in [3.05, 3.63) is 87.3 Å². The molecular formula is C28H29N3O2S. The number of amides is 2. The van der Waals surface area contributed by atoms with Crippen LogP contribution in [-0.2, 0) is 4.79 Å². The van der Waals surface area contributed by atoms with Crippen molar-refractivity contribution in [1.82, 2.24) is 0 Å². The van der Waals surface area contributed by atoms with Gasteiger partial charge in [0.15, 0.2) is 5.78 Å². The lowest BCUT2D eigenvalue weighted by atomic mass is 9.74. The minimum atomic E-state index is -0.499. The summed E-state index contributed by atoms with van der Waals surface area (Å²) in [5, 5.41) is 8.64. The zero-order valence-corrected chi connectivity index (χ0v) is 20.8. The Labute approximate surface area is 204 Å². The van der Waals surface area contributed by atoms with E-state index in [-0.39, 0.29) is 17.2 Å². The molecule has 5 rings (SSSR count). The molecule has 0 radical (unpaired) electrons. The number of hydrogen-bond acceptors (Lipinski definition) is 4. The maximum Gasteiger partial charge on any atom is 0.327 e. The van der Waals surface area contributed by atoms with Crippen LogP contribution >= 0.6 is 11.3 Å². The van der Waals surface area contributed by atoms with Gasteiger partial charge in [0.1, 0.15) is 6.04 Å². The zero-order valence-electron chi connectivity index (χ0n) is 19.9. The normalized spacial score (nSPS) is 19.1. The summed E-state index contributed by atoms with van der Waals surface area (Å²) < 4.78 is 0. The molecule has 34 heavy (non-hydrogen) atoms. The van der Waals surface area contributed by atoms with Gasteiger partial charge >= 0.3 is 6.03 Å². The topological polar surface area (TPSA) is 61.4 Å². The van der Waals surface area contributed by atoms with Crippen LogP contribution < -0.4 is 15.5 Å². The fourth-order valence-corrected chi connectivity index (χ4v) is 5.75. The summed E-state index contributed by atoms with van der Waals surface area (Å²) in [6, 6.07) is 16.9. The fraction of sp³-hybridized carbons (Fsp3) is 0.286. The molecule has 0 bridgehead atoms. The van der Waals surface area contributed by atoms with E-state index in [0.29, 0.717) is 12.0 Å². The Morgan fingerprint density at radius 2 is 1.85 bits per heavy atom. The first-order valence-corrected chi connectivity index (χ1v) is 12.4. The number of anilines is 3. The monoisotopic (exact) mass is 471 g/mol. The number of nitrogens with zero attached hydrogens (tertiary/aromatic N) is 1. The Morgan fingerprint density at radius 3 is 2.59 bits per heavy atom. The van der Waals surface area contributed by atoms with E-state index in [4.69, 9.17) is 0 Å². The molecule has 0 spiro atoms. The standard InChI is InChI=1S/C28H29N3O2S/c1-17-11-12-19(14-18(17)2)29-27(33)31-22-9-6-5-8-20(22)30-21-15-28(3,4)16-23(32)25(21)26(31)24-10-7-13-34-24/h5-14,26,30H,15-16H2,1-4H3,(H,29,33)/t26-/m1/s1. The van der Waals surface area contributed by atoms with E-state index in [9.17, 15) is 9.59 Å². The molecule has 0 fully saturated rings. The number of thiophene rings is 1. The summed E-state index contributed by atoms with van der Waals surface area (Å²) in [6.45, 7) is 8.33. The molecule has 1 aliphatic carbocycles. The van der Waals surface area contributed by atoms with Gasteiger partial charge in [-0.05, 0) is 72.5 Å². The van der Waals surface area contributed by atoms with Gasteiger partial charge in [-0.3, -0.25) is 9.69 Å². The van der Waals surface area contributed by atoms with E-state index in [2.05, 4.69) is 31.4 Å². The summed E-state index contributed by atoms with van der Waals surface area (Å²) in [6.07, 6.45) is 1.20. The van der Waals surface area contributed by atoms with Crippen molar-refractivity contribution in [1.29, 1.82) is 0 Å². The molecular weight excluding hydrogens is 442 g/mol. The molecule has 0 saturated heterocycles. The average Bonchev–Trinajstić information content (AvgIpc) is 3.25. The van der Waals surface area contributed by atoms with E-state index in [0.717, 1.165) is 39.6 Å². The van der Waals surface area contributed by atoms with Crippen molar-refractivity contribution >= 4 is 40.2 Å². The van der Waals surface area contributed by atoms with Crippen LogP contribution in [-0.4, -0.2) is 11.8 Å². The largest absolute Gasteiger partial charge is 0.357 e. The summed E-state index contributed by atoms with van der Waals surface area (Å²) in [5.41, 5.74) is 6.05. The molecule has 2 aromatic carbocycles. The minimum absolute atomic E-state index is 0.0916. The van der Waals surface area contributed by atoms with E-state index in [1.165, 1.54) is 5.56 Å². The van der Waals surface area contributed by atoms with Gasteiger partial charge in [-0.25, -0.2) is 4.79 Å². The number of carbonyl (C=O) groups excluding carboxylic acids is 2. The highest BCUT2D eigenvalue weighted by Gasteiger charge is 2.43. The van der Waals surface area contributed by atoms with Crippen LogP contribution in [0.4, 0.5) is 21.9 Å². The number of benzene rings is 2. The quantitative estimate of drug-likeness (QED) is 0.415. The maximum absolute atomic E-state index is 14.0. The van der Waals surface area contributed by atoms with Crippen LogP contribution in [0, 0.1) is 19.3 Å². The first kappa shape index (κ1) is 22.4. The van der Waals surface area contributed by atoms with Gasteiger partial charge in [0.25, 0.3) is 0 Å². The first-order valence-electron chi connectivity index (χ1n) is 11.6. The molecule has 5 nitrogen and oxygen atoms in total. The predicted octanol–water partition coefficient (Wildman–Crippen LogP) is 7.21. The number of nitrogens with one attached hydrogen (secondary N) is 2. The minimum Gasteiger partial charge on any atom is -0.357 e. The Hall–Kier alpha value is -3.38. The Bertz CT molecular complexity index is 1310. The first-order chi connectivity index (χ1) is 16.2. The molecule has 2 amide bonds. The summed E-state index contributed by atoms with van der Waals surface area (Å²) in [5.74, 6) is 0.0916. The number of urea groups is 1. The highest BCUT2D eigenvalue weighted by molar-refractivity contribution is 7.10. The SMILES string of the molecule is Cc1ccc(NC(=O)N2c3ccccc3NC3=C(C(=O)CC(C)(C)C3)[C@H]2c2cccs2)cc1C. The molecule has 6 heteroatoms. The molecule has 2 heterocycles. The second kappa shape index (κ2) is 8.44. The fourth-order valence-electron chi connectivity index (χ4n) is 4.93. The second-order valence-electron chi connectivity index (χ2n) is 9.99. The third kappa shape index (κ3) is 4.03. The number of ketones is 1. The number of hydrogen-bond donors (Lipinski definition) is 2. The summed E-state index contributed by atoms with van der Waals surface area (Å²) >= 11 is 1.57. The second-order valence-corrected chi connectivity index (χ2v) is 11.0. The van der Waals surface area contributed by atoms with Crippen LogP contribution in [0.2, 0.25) is 0 Å². The number of allylic oxidation sites excluding steroid dienone is 1. The van der Waals surface area contributed by atoms with Crippen LogP contribution in [0.15, 0.2) is 71.2 Å². The molecule has 1 aliphatic heterocycles. The summed E-state index contributed by atoms with van der Waals surface area (Å²) in [4.78, 5) is 30.3. The number of rotatable bonds is 2. The van der Waals surface area contributed by atoms with Crippen LogP contribution in [0.1, 0.15) is 48.7 Å². The molecule has 2 N–H and O–H groups in total. The van der Waals surface area contributed by atoms with Crippen LogP contribution in [0.3, 0.4) is 0 Å². The predicted molar refractivity (Wildman–Crippen MR) is 140 cm³/mol. The van der Waals surface area contributed by atoms with Gasteiger partial charge < -0.3 is 10.6 Å². The van der Waals surface area contributed by atoms with Crippen molar-refractivity contribution in [2.45, 2.75) is 46.6 Å². The van der Waals surface area contributed by atoms with E-state index >= 15 is 0 Å². The Balaban J connectivity index is 1.67. The van der Waals surface area contributed by atoms with Gasteiger partial charge in [0.05, 0.1) is 11.4 Å². The highest BCUT2D eigenvalue weighted by Crippen LogP contribution is 2.49. The number of Topliss-reactive ketones (excluding diaryl/α,β-unsaturated/α-hetero) is 1. The maximum atomic E-state index is 14.0. The lowest BCUT2D eigenvalue weighted by molar-refractivity contribution is -0.118. The highest BCUT2D eigenvalue weighted by atomic mass is 32.1. The van der Waals surface area contributed by atoms with E-state index in [1.807, 2.05) is 66.9 Å². The van der Waals surface area contributed by atoms with Gasteiger partial charge in [-0.15, -0.1) is 11.3 Å². The van der Waals surface area contributed by atoms with Crippen LogP contribution in [0.25, 0.3) is 0 Å². The Kier molecular flexibility index (Phi) is 5.56. The van der Waals surface area contributed by atoms with Gasteiger partial charge in [-0.2, -0.15) is 0 Å². The zero-order chi connectivity index (χ0) is 24.0. The average molecular weight is 472 g/mol. The molecule has 1 atom stereocenters. The van der Waals surface area contributed by atoms with Crippen molar-refractivity contribution in [2.24, 2.45) is 5.41 Å². The van der Waals surface area contributed by atoms with Crippen molar-refractivity contribution in [3.8, 4) is 0 Å². The van der Waals surface area contributed by atoms with Gasteiger partial charge in [-0.1, -0.05) is 38.1 Å². The molecule has 2 aliphatic rings. The number of fused-ring (bicyclic) bond motifs is 1. The molecule has 3 aromatic rings. The van der Waals surface area contributed by atoms with Crippen molar-refractivity contribution in [3.63, 3.8) is 0 Å². The molecule has 1 aromatic heterocycles. The molecule has 0 unspecified atom stereocenters. The van der Waals surface area contributed by atoms with Crippen LogP contribution in [0.5, 0.6) is 0 Å². The van der Waals surface area contributed by atoms with Gasteiger partial charge in [0.2, 0.25) is 0 Å². The smallest absolute Gasteiger partial charge is 0.327 e.